The number of benzene rings is 1. The second-order valence-corrected chi connectivity index (χ2v) is 7.93. The lowest BCUT2D eigenvalue weighted by Crippen LogP contribution is -2.16. The van der Waals surface area contributed by atoms with E-state index in [1.54, 1.807) is 0 Å². The van der Waals surface area contributed by atoms with Gasteiger partial charge in [-0.2, -0.15) is 0 Å². The highest BCUT2D eigenvalue weighted by Gasteiger charge is 2.22. The van der Waals surface area contributed by atoms with Crippen molar-refractivity contribution in [3.8, 4) is 0 Å². The van der Waals surface area contributed by atoms with Gasteiger partial charge in [0.2, 0.25) is 0 Å². The standard InChI is InChI=1S/C15H15BrClNS/c1-9-5-6-10(17)7-13(9)18-12-3-2-4-14-11(12)8-15(16)19-14/h5-8,12,18H,2-4H2,1H3. The van der Waals surface area contributed by atoms with Crippen molar-refractivity contribution in [1.29, 1.82) is 0 Å². The maximum atomic E-state index is 6.09. The molecule has 1 N–H and O–H groups in total. The molecule has 0 amide bonds. The van der Waals surface area contributed by atoms with E-state index in [2.05, 4.69) is 40.3 Å². The molecule has 0 spiro atoms. The molecule has 3 rings (SSSR count). The van der Waals surface area contributed by atoms with Crippen LogP contribution >= 0.6 is 38.9 Å². The Balaban J connectivity index is 1.90. The first-order chi connectivity index (χ1) is 9.13. The van der Waals surface area contributed by atoms with E-state index in [1.165, 1.54) is 39.1 Å². The predicted octanol–water partition coefficient (Wildman–Crippen LogP) is 5.96. The smallest absolute Gasteiger partial charge is 0.0705 e. The monoisotopic (exact) mass is 355 g/mol. The van der Waals surface area contributed by atoms with Gasteiger partial charge in [-0.05, 0) is 71.4 Å². The lowest BCUT2D eigenvalue weighted by molar-refractivity contribution is 0.608. The van der Waals surface area contributed by atoms with E-state index in [0.717, 1.165) is 10.7 Å². The Bertz CT molecular complexity index is 608. The van der Waals surface area contributed by atoms with Gasteiger partial charge in [0.25, 0.3) is 0 Å². The molecule has 0 fully saturated rings. The average molecular weight is 357 g/mol. The van der Waals surface area contributed by atoms with Crippen LogP contribution in [0.25, 0.3) is 0 Å². The average Bonchev–Trinajstić information content (AvgIpc) is 2.75. The summed E-state index contributed by atoms with van der Waals surface area (Å²) >= 11 is 11.6. The maximum absolute atomic E-state index is 6.09. The van der Waals surface area contributed by atoms with Crippen molar-refractivity contribution in [3.63, 3.8) is 0 Å². The van der Waals surface area contributed by atoms with Gasteiger partial charge >= 0.3 is 0 Å². The number of fused-ring (bicyclic) bond motifs is 1. The first-order valence-corrected chi connectivity index (χ1v) is 8.43. The van der Waals surface area contributed by atoms with Crippen molar-refractivity contribution < 1.29 is 0 Å². The van der Waals surface area contributed by atoms with Gasteiger partial charge in [-0.1, -0.05) is 17.7 Å². The molecular weight excluding hydrogens is 342 g/mol. The van der Waals surface area contributed by atoms with Crippen LogP contribution in [0.3, 0.4) is 0 Å². The minimum Gasteiger partial charge on any atom is -0.378 e. The number of anilines is 1. The lowest BCUT2D eigenvalue weighted by atomic mass is 9.93. The zero-order chi connectivity index (χ0) is 13.4. The fraction of sp³-hybridized carbons (Fsp3) is 0.333. The predicted molar refractivity (Wildman–Crippen MR) is 87.5 cm³/mol. The number of hydrogen-bond acceptors (Lipinski definition) is 2. The van der Waals surface area contributed by atoms with Crippen LogP contribution in [0.1, 0.15) is 34.9 Å². The van der Waals surface area contributed by atoms with Gasteiger partial charge in [-0.15, -0.1) is 11.3 Å². The summed E-state index contributed by atoms with van der Waals surface area (Å²) in [6, 6.07) is 8.69. The van der Waals surface area contributed by atoms with Gasteiger partial charge in [-0.3, -0.25) is 0 Å². The van der Waals surface area contributed by atoms with E-state index in [9.17, 15) is 0 Å². The molecule has 0 bridgehead atoms. The number of nitrogens with one attached hydrogen (secondary N) is 1. The Morgan fingerprint density at radius 1 is 1.37 bits per heavy atom. The van der Waals surface area contributed by atoms with Gasteiger partial charge in [0, 0.05) is 15.6 Å². The van der Waals surface area contributed by atoms with Crippen molar-refractivity contribution in [3.05, 3.63) is 49.1 Å². The molecule has 19 heavy (non-hydrogen) atoms. The van der Waals surface area contributed by atoms with Gasteiger partial charge in [0.15, 0.2) is 0 Å². The van der Waals surface area contributed by atoms with Crippen LogP contribution in [-0.2, 0) is 6.42 Å². The summed E-state index contributed by atoms with van der Waals surface area (Å²) in [4.78, 5) is 1.51. The van der Waals surface area contributed by atoms with Crippen molar-refractivity contribution in [2.75, 3.05) is 5.32 Å². The van der Waals surface area contributed by atoms with Gasteiger partial charge in [0.1, 0.15) is 0 Å². The molecule has 1 aliphatic rings. The molecule has 1 nitrogen and oxygen atoms in total. The summed E-state index contributed by atoms with van der Waals surface area (Å²) < 4.78 is 1.23. The highest BCUT2D eigenvalue weighted by atomic mass is 79.9. The normalized spacial score (nSPS) is 18.2. The van der Waals surface area contributed by atoms with Crippen molar-refractivity contribution in [2.45, 2.75) is 32.2 Å². The molecule has 100 valence electrons. The van der Waals surface area contributed by atoms with E-state index in [0.29, 0.717) is 6.04 Å². The molecule has 1 aromatic heterocycles. The maximum Gasteiger partial charge on any atom is 0.0705 e. The van der Waals surface area contributed by atoms with Crippen LogP contribution in [0.2, 0.25) is 5.02 Å². The molecule has 1 aliphatic carbocycles. The Morgan fingerprint density at radius 2 is 2.21 bits per heavy atom. The SMILES string of the molecule is Cc1ccc(Cl)cc1NC1CCCc2sc(Br)cc21. The largest absolute Gasteiger partial charge is 0.378 e. The van der Waals surface area contributed by atoms with Crippen LogP contribution in [0.4, 0.5) is 5.69 Å². The van der Waals surface area contributed by atoms with Crippen molar-refractivity contribution in [1.82, 2.24) is 0 Å². The molecule has 0 saturated carbocycles. The van der Waals surface area contributed by atoms with Crippen LogP contribution in [0.15, 0.2) is 28.1 Å². The van der Waals surface area contributed by atoms with Crippen LogP contribution in [0.5, 0.6) is 0 Å². The summed E-state index contributed by atoms with van der Waals surface area (Å²) in [5.74, 6) is 0. The fourth-order valence-corrected chi connectivity index (χ4v) is 4.60. The Kier molecular flexibility index (Phi) is 3.88. The molecule has 1 unspecified atom stereocenters. The molecule has 4 heteroatoms. The molecule has 0 saturated heterocycles. The minimum absolute atomic E-state index is 0.406. The highest BCUT2D eigenvalue weighted by molar-refractivity contribution is 9.11. The second kappa shape index (κ2) is 5.47. The third-order valence-electron chi connectivity index (χ3n) is 3.61. The zero-order valence-corrected chi connectivity index (χ0v) is 13.8. The van der Waals surface area contributed by atoms with Crippen LogP contribution < -0.4 is 5.32 Å². The minimum atomic E-state index is 0.406. The van der Waals surface area contributed by atoms with E-state index in [-0.39, 0.29) is 0 Å². The highest BCUT2D eigenvalue weighted by Crippen LogP contribution is 2.40. The Hall–Kier alpha value is -0.510. The number of rotatable bonds is 2. The summed E-state index contributed by atoms with van der Waals surface area (Å²) in [7, 11) is 0. The number of halogens is 2. The van der Waals surface area contributed by atoms with Gasteiger partial charge in [-0.25, -0.2) is 0 Å². The molecule has 0 aliphatic heterocycles. The Labute approximate surface area is 131 Å². The number of thiophene rings is 1. The molecule has 0 radical (unpaired) electrons. The molecule has 1 heterocycles. The van der Waals surface area contributed by atoms with Crippen molar-refractivity contribution in [2.24, 2.45) is 0 Å². The van der Waals surface area contributed by atoms with E-state index < -0.39 is 0 Å². The van der Waals surface area contributed by atoms with Crippen LogP contribution in [-0.4, -0.2) is 0 Å². The number of aryl methyl sites for hydroxylation is 2. The first kappa shape index (κ1) is 13.5. The third kappa shape index (κ3) is 2.83. The van der Waals surface area contributed by atoms with E-state index in [1.807, 2.05) is 23.5 Å². The van der Waals surface area contributed by atoms with Crippen molar-refractivity contribution >= 4 is 44.6 Å². The number of hydrogen-bond donors (Lipinski definition) is 1. The molecule has 1 aromatic carbocycles. The van der Waals surface area contributed by atoms with E-state index >= 15 is 0 Å². The van der Waals surface area contributed by atoms with Crippen LogP contribution in [0, 0.1) is 6.92 Å². The topological polar surface area (TPSA) is 12.0 Å². The van der Waals surface area contributed by atoms with E-state index in [4.69, 9.17) is 11.6 Å². The zero-order valence-electron chi connectivity index (χ0n) is 10.7. The Morgan fingerprint density at radius 3 is 3.05 bits per heavy atom. The lowest BCUT2D eigenvalue weighted by Gasteiger charge is -2.25. The molecular formula is C15H15BrClNS. The molecule has 1 atom stereocenters. The quantitative estimate of drug-likeness (QED) is 0.699. The summed E-state index contributed by atoms with van der Waals surface area (Å²) in [6.45, 7) is 2.12. The van der Waals surface area contributed by atoms with Gasteiger partial charge < -0.3 is 5.32 Å². The fourth-order valence-electron chi connectivity index (χ4n) is 2.61. The summed E-state index contributed by atoms with van der Waals surface area (Å²) in [6.07, 6.45) is 3.64. The summed E-state index contributed by atoms with van der Waals surface area (Å²) in [5, 5.41) is 4.45. The van der Waals surface area contributed by atoms with Gasteiger partial charge in [0.05, 0.1) is 9.83 Å². The second-order valence-electron chi connectivity index (χ2n) is 4.98. The first-order valence-electron chi connectivity index (χ1n) is 6.44. The third-order valence-corrected chi connectivity index (χ3v) is 5.56. The molecule has 2 aromatic rings. The summed E-state index contributed by atoms with van der Waals surface area (Å²) in [5.41, 5.74) is 3.83.